The minimum atomic E-state index is 0.424. The van der Waals surface area contributed by atoms with Gasteiger partial charge in [-0.2, -0.15) is 0 Å². The maximum Gasteiger partial charge on any atom is 0.0726 e. The maximum atomic E-state index is 5.97. The van der Waals surface area contributed by atoms with Gasteiger partial charge in [0, 0.05) is 50.3 Å². The summed E-state index contributed by atoms with van der Waals surface area (Å²) >= 11 is 0. The van der Waals surface area contributed by atoms with E-state index in [4.69, 9.17) is 5.73 Å². The Morgan fingerprint density at radius 1 is 1.16 bits per heavy atom. The first-order valence-corrected chi connectivity index (χ1v) is 7.28. The van der Waals surface area contributed by atoms with E-state index >= 15 is 0 Å². The molecule has 0 spiro atoms. The topological polar surface area (TPSA) is 58.3 Å². The molecule has 104 valence electrons. The van der Waals surface area contributed by atoms with Crippen LogP contribution in [0.15, 0.2) is 18.6 Å². The fraction of sp³-hybridized carbons (Fsp3) is 0.714. The molecule has 1 aromatic rings. The van der Waals surface area contributed by atoms with Crippen molar-refractivity contribution in [2.24, 2.45) is 5.73 Å². The van der Waals surface area contributed by atoms with Crippen LogP contribution in [0.1, 0.15) is 25.0 Å². The van der Waals surface area contributed by atoms with Crippen molar-refractivity contribution >= 4 is 0 Å². The molecule has 2 aliphatic rings. The molecule has 0 aromatic carbocycles. The van der Waals surface area contributed by atoms with Gasteiger partial charge in [0.05, 0.1) is 5.69 Å². The Hall–Kier alpha value is -1.04. The van der Waals surface area contributed by atoms with Crippen LogP contribution in [-0.2, 0) is 6.54 Å². The standard InChI is InChI=1S/C14H23N5/c15-12-1-7-19(8-2-12)14-3-6-18(11-14)10-13-9-16-4-5-17-13/h4-5,9,12,14H,1-3,6-8,10-11,15H2. The Kier molecular flexibility index (Phi) is 4.06. The molecule has 2 aliphatic heterocycles. The van der Waals surface area contributed by atoms with Gasteiger partial charge in [-0.3, -0.25) is 19.8 Å². The zero-order valence-electron chi connectivity index (χ0n) is 11.4. The Labute approximate surface area is 114 Å². The number of likely N-dealkylation sites (tertiary alicyclic amines) is 2. The van der Waals surface area contributed by atoms with E-state index in [0.717, 1.165) is 31.6 Å². The minimum absolute atomic E-state index is 0.424. The molecule has 0 radical (unpaired) electrons. The largest absolute Gasteiger partial charge is 0.328 e. The van der Waals surface area contributed by atoms with Crippen molar-refractivity contribution in [3.8, 4) is 0 Å². The SMILES string of the molecule is NC1CCN(C2CCN(Cc3cnccn3)C2)CC1. The zero-order valence-corrected chi connectivity index (χ0v) is 11.4. The lowest BCUT2D eigenvalue weighted by atomic mass is 10.0. The van der Waals surface area contributed by atoms with E-state index in [0.29, 0.717) is 12.1 Å². The van der Waals surface area contributed by atoms with E-state index in [1.54, 1.807) is 12.4 Å². The summed E-state index contributed by atoms with van der Waals surface area (Å²) in [5, 5.41) is 0. The quantitative estimate of drug-likeness (QED) is 0.857. The third-order valence-electron chi connectivity index (χ3n) is 4.34. The molecule has 3 heterocycles. The van der Waals surface area contributed by atoms with Crippen LogP contribution in [0, 0.1) is 0 Å². The average Bonchev–Trinajstić information content (AvgIpc) is 2.89. The van der Waals surface area contributed by atoms with Gasteiger partial charge >= 0.3 is 0 Å². The highest BCUT2D eigenvalue weighted by atomic mass is 15.3. The van der Waals surface area contributed by atoms with E-state index < -0.39 is 0 Å². The Morgan fingerprint density at radius 2 is 2.00 bits per heavy atom. The molecule has 0 aliphatic carbocycles. The Bertz CT molecular complexity index is 388. The van der Waals surface area contributed by atoms with Gasteiger partial charge in [0.15, 0.2) is 0 Å². The van der Waals surface area contributed by atoms with E-state index in [2.05, 4.69) is 19.8 Å². The van der Waals surface area contributed by atoms with Crippen LogP contribution in [0.2, 0.25) is 0 Å². The van der Waals surface area contributed by atoms with Crippen LogP contribution >= 0.6 is 0 Å². The molecule has 19 heavy (non-hydrogen) atoms. The molecule has 1 aromatic heterocycles. The smallest absolute Gasteiger partial charge is 0.0726 e. The summed E-state index contributed by atoms with van der Waals surface area (Å²) in [6, 6.07) is 1.14. The molecule has 0 amide bonds. The summed E-state index contributed by atoms with van der Waals surface area (Å²) in [5.74, 6) is 0. The number of nitrogens with two attached hydrogens (primary N) is 1. The summed E-state index contributed by atoms with van der Waals surface area (Å²) in [6.07, 6.45) is 8.95. The first kappa shape index (κ1) is 13.0. The van der Waals surface area contributed by atoms with Gasteiger partial charge in [-0.15, -0.1) is 0 Å². The van der Waals surface area contributed by atoms with Gasteiger partial charge in [-0.25, -0.2) is 0 Å². The first-order chi connectivity index (χ1) is 9.31. The molecule has 5 heteroatoms. The fourth-order valence-electron chi connectivity index (χ4n) is 3.18. The van der Waals surface area contributed by atoms with Gasteiger partial charge in [0.2, 0.25) is 0 Å². The van der Waals surface area contributed by atoms with Crippen molar-refractivity contribution < 1.29 is 0 Å². The molecule has 3 rings (SSSR count). The van der Waals surface area contributed by atoms with Crippen LogP contribution in [0.3, 0.4) is 0 Å². The predicted octanol–water partition coefficient (Wildman–Crippen LogP) is 0.474. The molecule has 0 bridgehead atoms. The minimum Gasteiger partial charge on any atom is -0.328 e. The second-order valence-electron chi connectivity index (χ2n) is 5.75. The summed E-state index contributed by atoms with van der Waals surface area (Å²) in [5.41, 5.74) is 7.05. The molecule has 1 atom stereocenters. The predicted molar refractivity (Wildman–Crippen MR) is 74.5 cm³/mol. The summed E-state index contributed by atoms with van der Waals surface area (Å²) in [6.45, 7) is 5.60. The molecule has 5 nitrogen and oxygen atoms in total. The number of nitrogens with zero attached hydrogens (tertiary/aromatic N) is 4. The van der Waals surface area contributed by atoms with Crippen molar-refractivity contribution in [2.45, 2.75) is 37.9 Å². The number of aromatic nitrogens is 2. The van der Waals surface area contributed by atoms with Gasteiger partial charge in [0.25, 0.3) is 0 Å². The molecule has 2 saturated heterocycles. The second kappa shape index (κ2) is 5.94. The number of hydrogen-bond donors (Lipinski definition) is 1. The first-order valence-electron chi connectivity index (χ1n) is 7.28. The van der Waals surface area contributed by atoms with Gasteiger partial charge in [0.1, 0.15) is 0 Å². The lowest BCUT2D eigenvalue weighted by Crippen LogP contribution is -2.46. The number of piperidine rings is 1. The normalized spacial score (nSPS) is 26.9. The number of hydrogen-bond acceptors (Lipinski definition) is 5. The van der Waals surface area contributed by atoms with Crippen LogP contribution < -0.4 is 5.73 Å². The van der Waals surface area contributed by atoms with E-state index in [1.807, 2.05) is 6.20 Å². The lowest BCUT2D eigenvalue weighted by Gasteiger charge is -2.34. The highest BCUT2D eigenvalue weighted by Crippen LogP contribution is 2.20. The summed E-state index contributed by atoms with van der Waals surface area (Å²) in [7, 11) is 0. The summed E-state index contributed by atoms with van der Waals surface area (Å²) in [4.78, 5) is 13.6. The van der Waals surface area contributed by atoms with E-state index in [-0.39, 0.29) is 0 Å². The van der Waals surface area contributed by atoms with Crippen molar-refractivity contribution in [3.05, 3.63) is 24.3 Å². The maximum absolute atomic E-state index is 5.97. The average molecular weight is 261 g/mol. The van der Waals surface area contributed by atoms with Crippen LogP contribution in [0.4, 0.5) is 0 Å². The van der Waals surface area contributed by atoms with Crippen LogP contribution in [0.25, 0.3) is 0 Å². The molecule has 2 N–H and O–H groups in total. The molecule has 2 fully saturated rings. The van der Waals surface area contributed by atoms with Crippen molar-refractivity contribution in [3.63, 3.8) is 0 Å². The van der Waals surface area contributed by atoms with Crippen molar-refractivity contribution in [1.82, 2.24) is 19.8 Å². The molecular weight excluding hydrogens is 238 g/mol. The van der Waals surface area contributed by atoms with E-state index in [9.17, 15) is 0 Å². The van der Waals surface area contributed by atoms with Crippen molar-refractivity contribution in [1.29, 1.82) is 0 Å². The molecule has 0 saturated carbocycles. The zero-order chi connectivity index (χ0) is 13.1. The highest BCUT2D eigenvalue weighted by molar-refractivity contribution is 4.96. The fourth-order valence-corrected chi connectivity index (χ4v) is 3.18. The Balaban J connectivity index is 1.50. The monoisotopic (exact) mass is 261 g/mol. The van der Waals surface area contributed by atoms with Gasteiger partial charge in [-0.1, -0.05) is 0 Å². The Morgan fingerprint density at radius 3 is 2.74 bits per heavy atom. The van der Waals surface area contributed by atoms with Crippen LogP contribution in [-0.4, -0.2) is 58.0 Å². The van der Waals surface area contributed by atoms with Crippen molar-refractivity contribution in [2.75, 3.05) is 26.2 Å². The summed E-state index contributed by atoms with van der Waals surface area (Å²) < 4.78 is 0. The highest BCUT2D eigenvalue weighted by Gasteiger charge is 2.29. The third kappa shape index (κ3) is 3.29. The van der Waals surface area contributed by atoms with Crippen LogP contribution in [0.5, 0.6) is 0 Å². The lowest BCUT2D eigenvalue weighted by molar-refractivity contribution is 0.151. The van der Waals surface area contributed by atoms with Gasteiger partial charge < -0.3 is 5.73 Å². The number of rotatable bonds is 3. The van der Waals surface area contributed by atoms with Gasteiger partial charge in [-0.05, 0) is 32.4 Å². The molecule has 1 unspecified atom stereocenters. The van der Waals surface area contributed by atoms with E-state index in [1.165, 1.54) is 26.1 Å². The second-order valence-corrected chi connectivity index (χ2v) is 5.75. The molecular formula is C14H23N5. The third-order valence-corrected chi connectivity index (χ3v) is 4.34.